The Kier molecular flexibility index (Phi) is 2.99. The summed E-state index contributed by atoms with van der Waals surface area (Å²) in [7, 11) is 0. The number of rotatable bonds is 0. The van der Waals surface area contributed by atoms with Crippen molar-refractivity contribution in [3.8, 4) is 0 Å². The molecule has 1 aromatic heterocycles. The third kappa shape index (κ3) is 1.86. The molecule has 0 fully saturated rings. The number of hydrogen-bond donors (Lipinski definition) is 0. The van der Waals surface area contributed by atoms with Crippen molar-refractivity contribution >= 4 is 19.7 Å². The zero-order valence-electron chi connectivity index (χ0n) is 6.06. The van der Waals surface area contributed by atoms with Crippen LogP contribution in [0.25, 0.3) is 0 Å². The van der Waals surface area contributed by atoms with Crippen molar-refractivity contribution in [3.05, 3.63) is 21.4 Å². The van der Waals surface area contributed by atoms with E-state index in [9.17, 15) is 0 Å². The smallest absolute Gasteiger partial charge is 0.00462 e. The molecule has 3 radical (unpaired) electrons. The van der Waals surface area contributed by atoms with Crippen LogP contribution in [-0.2, 0) is 0 Å². The van der Waals surface area contributed by atoms with Gasteiger partial charge in [-0.05, 0) is 32.4 Å². The van der Waals surface area contributed by atoms with E-state index in [0.29, 0.717) is 0 Å². The van der Waals surface area contributed by atoms with Gasteiger partial charge < -0.3 is 0 Å². The van der Waals surface area contributed by atoms with Crippen LogP contribution in [0.3, 0.4) is 0 Å². The zero-order chi connectivity index (χ0) is 6.15. The molecule has 47 valence electrons. The van der Waals surface area contributed by atoms with E-state index in [2.05, 4.69) is 26.8 Å². The largest absolute Gasteiger partial charge is 0.146 e. The molecule has 0 N–H and O–H groups in total. The van der Waals surface area contributed by atoms with Crippen molar-refractivity contribution in [3.63, 3.8) is 0 Å². The second-order valence-electron chi connectivity index (χ2n) is 2.10. The van der Waals surface area contributed by atoms with Crippen LogP contribution in [0.1, 0.15) is 15.3 Å². The lowest BCUT2D eigenvalue weighted by molar-refractivity contribution is 1.43. The van der Waals surface area contributed by atoms with Crippen LogP contribution in [0.4, 0.5) is 0 Å². The van der Waals surface area contributed by atoms with Crippen LogP contribution in [0.5, 0.6) is 0 Å². The van der Waals surface area contributed by atoms with E-state index in [1.54, 1.807) is 0 Å². The van der Waals surface area contributed by atoms with Gasteiger partial charge in [0.1, 0.15) is 0 Å². The fourth-order valence-corrected chi connectivity index (χ4v) is 1.70. The van der Waals surface area contributed by atoms with Gasteiger partial charge in [0.05, 0.1) is 0 Å². The minimum absolute atomic E-state index is 0. The van der Waals surface area contributed by atoms with Crippen molar-refractivity contribution in [1.29, 1.82) is 0 Å². The van der Waals surface area contributed by atoms with Gasteiger partial charge >= 0.3 is 0 Å². The SMILES string of the molecule is Cc1cc(C)c(C)s1.[B]. The van der Waals surface area contributed by atoms with Crippen molar-refractivity contribution < 1.29 is 0 Å². The number of hydrogen-bond acceptors (Lipinski definition) is 1. The van der Waals surface area contributed by atoms with Crippen molar-refractivity contribution in [2.24, 2.45) is 0 Å². The Hall–Kier alpha value is -0.235. The molecule has 0 unspecified atom stereocenters. The summed E-state index contributed by atoms with van der Waals surface area (Å²) < 4.78 is 0. The van der Waals surface area contributed by atoms with Gasteiger partial charge in [-0.3, -0.25) is 0 Å². The molecule has 0 saturated carbocycles. The second-order valence-corrected chi connectivity index (χ2v) is 3.56. The summed E-state index contributed by atoms with van der Waals surface area (Å²) in [6.07, 6.45) is 0. The standard InChI is InChI=1S/C7H10S.B/c1-5-4-6(2)8-7(5)3;/h4H,1-3H3;. The van der Waals surface area contributed by atoms with Crippen LogP contribution in [0.2, 0.25) is 0 Å². The quantitative estimate of drug-likeness (QED) is 0.481. The molecule has 0 aliphatic rings. The second kappa shape index (κ2) is 3.07. The van der Waals surface area contributed by atoms with Crippen molar-refractivity contribution in [2.75, 3.05) is 0 Å². The molecule has 0 bridgehead atoms. The molecular formula is C7H10BS. The third-order valence-corrected chi connectivity index (χ3v) is 2.36. The highest BCUT2D eigenvalue weighted by Crippen LogP contribution is 2.18. The molecule has 0 atom stereocenters. The molecule has 0 aliphatic heterocycles. The Labute approximate surface area is 62.5 Å². The Bertz CT molecular complexity index is 171. The van der Waals surface area contributed by atoms with Crippen molar-refractivity contribution in [2.45, 2.75) is 20.8 Å². The first kappa shape index (κ1) is 8.76. The average molecular weight is 137 g/mol. The van der Waals surface area contributed by atoms with Gasteiger partial charge in [0.25, 0.3) is 0 Å². The summed E-state index contributed by atoms with van der Waals surface area (Å²) in [6, 6.07) is 2.22. The predicted octanol–water partition coefficient (Wildman–Crippen LogP) is 2.29. The molecule has 1 rings (SSSR count). The van der Waals surface area contributed by atoms with Gasteiger partial charge in [-0.15, -0.1) is 11.3 Å². The fraction of sp³-hybridized carbons (Fsp3) is 0.429. The van der Waals surface area contributed by atoms with E-state index in [1.165, 1.54) is 15.3 Å². The van der Waals surface area contributed by atoms with Crippen LogP contribution in [0.15, 0.2) is 6.07 Å². The highest BCUT2D eigenvalue weighted by Gasteiger charge is 1.93. The third-order valence-electron chi connectivity index (χ3n) is 1.29. The molecule has 0 spiro atoms. The lowest BCUT2D eigenvalue weighted by Gasteiger charge is -1.79. The molecule has 1 heterocycles. The normalized spacial score (nSPS) is 8.78. The van der Waals surface area contributed by atoms with Crippen LogP contribution < -0.4 is 0 Å². The topological polar surface area (TPSA) is 0 Å². The van der Waals surface area contributed by atoms with E-state index in [1.807, 2.05) is 11.3 Å². The molecule has 0 aliphatic carbocycles. The number of thiophene rings is 1. The summed E-state index contributed by atoms with van der Waals surface area (Å²) in [5.41, 5.74) is 1.42. The zero-order valence-corrected chi connectivity index (χ0v) is 6.88. The first-order chi connectivity index (χ1) is 3.70. The van der Waals surface area contributed by atoms with Crippen molar-refractivity contribution in [1.82, 2.24) is 0 Å². The Balaban J connectivity index is 0.000000640. The highest BCUT2D eigenvalue weighted by atomic mass is 32.1. The summed E-state index contributed by atoms with van der Waals surface area (Å²) in [5, 5.41) is 0. The van der Waals surface area contributed by atoms with Crippen LogP contribution in [0, 0.1) is 20.8 Å². The molecular weight excluding hydrogens is 127 g/mol. The molecule has 1 aromatic rings. The van der Waals surface area contributed by atoms with Gasteiger partial charge in [0, 0.05) is 18.2 Å². The van der Waals surface area contributed by atoms with Gasteiger partial charge in [-0.25, -0.2) is 0 Å². The molecule has 2 heteroatoms. The van der Waals surface area contributed by atoms with E-state index >= 15 is 0 Å². The Morgan fingerprint density at radius 1 is 1.22 bits per heavy atom. The Morgan fingerprint density at radius 3 is 1.89 bits per heavy atom. The number of aryl methyl sites for hydroxylation is 3. The maximum absolute atomic E-state index is 2.22. The lowest BCUT2D eigenvalue weighted by Crippen LogP contribution is -1.62. The first-order valence-electron chi connectivity index (χ1n) is 2.74. The lowest BCUT2D eigenvalue weighted by atomic mass is 10.3. The molecule has 9 heavy (non-hydrogen) atoms. The summed E-state index contributed by atoms with van der Waals surface area (Å²) in [6.45, 7) is 6.45. The average Bonchev–Trinajstić information content (AvgIpc) is 1.85. The highest BCUT2D eigenvalue weighted by molar-refractivity contribution is 7.12. The summed E-state index contributed by atoms with van der Waals surface area (Å²) >= 11 is 1.87. The van der Waals surface area contributed by atoms with Gasteiger partial charge in [-0.2, -0.15) is 0 Å². The van der Waals surface area contributed by atoms with Gasteiger partial charge in [0.2, 0.25) is 0 Å². The summed E-state index contributed by atoms with van der Waals surface area (Å²) in [4.78, 5) is 2.86. The van der Waals surface area contributed by atoms with E-state index in [-0.39, 0.29) is 8.41 Å². The minimum Gasteiger partial charge on any atom is -0.146 e. The van der Waals surface area contributed by atoms with Crippen LogP contribution in [-0.4, -0.2) is 8.41 Å². The van der Waals surface area contributed by atoms with E-state index < -0.39 is 0 Å². The molecule has 0 nitrogen and oxygen atoms in total. The van der Waals surface area contributed by atoms with E-state index in [0.717, 1.165) is 0 Å². The first-order valence-corrected chi connectivity index (χ1v) is 3.55. The molecule has 0 aromatic carbocycles. The summed E-state index contributed by atoms with van der Waals surface area (Å²) in [5.74, 6) is 0. The maximum atomic E-state index is 2.22. The maximum Gasteiger partial charge on any atom is 0.00462 e. The van der Waals surface area contributed by atoms with Crippen LogP contribution >= 0.6 is 11.3 Å². The van der Waals surface area contributed by atoms with Gasteiger partial charge in [0.15, 0.2) is 0 Å². The van der Waals surface area contributed by atoms with E-state index in [4.69, 9.17) is 0 Å². The minimum atomic E-state index is 0. The predicted molar refractivity (Wildman–Crippen MR) is 44.3 cm³/mol. The molecule has 0 amide bonds. The monoisotopic (exact) mass is 137 g/mol. The fourth-order valence-electron chi connectivity index (χ4n) is 0.758. The Morgan fingerprint density at radius 2 is 1.78 bits per heavy atom. The molecule has 0 saturated heterocycles. The van der Waals surface area contributed by atoms with Gasteiger partial charge in [-0.1, -0.05) is 0 Å².